The summed E-state index contributed by atoms with van der Waals surface area (Å²) in [5, 5.41) is 3.86. The molecule has 2 saturated heterocycles. The Hall–Kier alpha value is -0.770. The number of hydrogen-bond donors (Lipinski definition) is 3. The van der Waals surface area contributed by atoms with E-state index in [1.165, 1.54) is 32.1 Å². The van der Waals surface area contributed by atoms with Gasteiger partial charge < -0.3 is 16.8 Å². The highest BCUT2D eigenvalue weighted by Gasteiger charge is 2.42. The number of guanidine groups is 1. The lowest BCUT2D eigenvalue weighted by Gasteiger charge is -2.38. The maximum Gasteiger partial charge on any atom is 0.185 e. The zero-order valence-electron chi connectivity index (χ0n) is 10.4. The second-order valence-electron chi connectivity index (χ2n) is 6.24. The van der Waals surface area contributed by atoms with Crippen LogP contribution in [0.2, 0.25) is 0 Å². The number of fused-ring (bicyclic) bond motifs is 1. The largest absolute Gasteiger partial charge is 0.370 e. The molecule has 2 heterocycles. The molecule has 4 heteroatoms. The zero-order valence-corrected chi connectivity index (χ0v) is 10.4. The van der Waals surface area contributed by atoms with Gasteiger partial charge in [0.2, 0.25) is 0 Å². The summed E-state index contributed by atoms with van der Waals surface area (Å²) in [7, 11) is 0. The minimum absolute atomic E-state index is 0.226. The van der Waals surface area contributed by atoms with Crippen LogP contribution in [-0.2, 0) is 0 Å². The van der Waals surface area contributed by atoms with Crippen molar-refractivity contribution >= 4 is 5.96 Å². The lowest BCUT2D eigenvalue weighted by atomic mass is 9.67. The van der Waals surface area contributed by atoms with Crippen LogP contribution >= 0.6 is 0 Å². The predicted octanol–water partition coefficient (Wildman–Crippen LogP) is 0.817. The van der Waals surface area contributed by atoms with Crippen LogP contribution in [0.3, 0.4) is 0 Å². The lowest BCUT2D eigenvalue weighted by Crippen LogP contribution is -2.39. The van der Waals surface area contributed by atoms with Gasteiger partial charge in [0.25, 0.3) is 0 Å². The highest BCUT2D eigenvalue weighted by atomic mass is 15.0. The summed E-state index contributed by atoms with van der Waals surface area (Å²) in [4.78, 5) is 4.13. The third-order valence-electron chi connectivity index (χ3n) is 4.93. The smallest absolute Gasteiger partial charge is 0.185 e. The van der Waals surface area contributed by atoms with E-state index in [0.717, 1.165) is 36.8 Å². The minimum atomic E-state index is 0.226. The summed E-state index contributed by atoms with van der Waals surface area (Å²) in [5.74, 6) is 3.10. The van der Waals surface area contributed by atoms with Gasteiger partial charge in [-0.25, -0.2) is 0 Å². The molecule has 4 aliphatic rings. The normalized spacial score (nSPS) is 43.4. The van der Waals surface area contributed by atoms with Crippen molar-refractivity contribution in [3.63, 3.8) is 0 Å². The average molecular weight is 236 g/mol. The van der Waals surface area contributed by atoms with E-state index in [1.807, 2.05) is 0 Å². The molecule has 17 heavy (non-hydrogen) atoms. The van der Waals surface area contributed by atoms with Gasteiger partial charge in [0.15, 0.2) is 5.96 Å². The van der Waals surface area contributed by atoms with Crippen molar-refractivity contribution in [3.05, 3.63) is 0 Å². The topological polar surface area (TPSA) is 76.4 Å². The Labute approximate surface area is 103 Å². The van der Waals surface area contributed by atoms with Crippen molar-refractivity contribution in [1.82, 2.24) is 5.32 Å². The van der Waals surface area contributed by atoms with Crippen LogP contribution in [-0.4, -0.2) is 24.6 Å². The Bertz CT molecular complexity index is 297. The molecule has 4 nitrogen and oxygen atoms in total. The summed E-state index contributed by atoms with van der Waals surface area (Å²) in [5.41, 5.74) is 10.8. The molecule has 0 aromatic heterocycles. The Morgan fingerprint density at radius 1 is 1.06 bits per heavy atom. The van der Waals surface area contributed by atoms with Crippen LogP contribution in [0.1, 0.15) is 38.5 Å². The van der Waals surface area contributed by atoms with Gasteiger partial charge in [-0.3, -0.25) is 4.99 Å². The zero-order chi connectivity index (χ0) is 11.8. The molecule has 4 rings (SSSR count). The van der Waals surface area contributed by atoms with Crippen LogP contribution in [0, 0.1) is 17.8 Å². The molecular formula is C13H24N4. The fourth-order valence-electron chi connectivity index (χ4n) is 4.46. The number of nitrogens with zero attached hydrogens (tertiary/aromatic N) is 1. The SMILES string of the molecule is NC(N)=NCCC1NC2CC3CC(C2)CC1C3. The molecule has 0 aromatic rings. The van der Waals surface area contributed by atoms with Crippen LogP contribution in [0.15, 0.2) is 4.99 Å². The molecule has 4 fully saturated rings. The van der Waals surface area contributed by atoms with Crippen LogP contribution in [0.5, 0.6) is 0 Å². The van der Waals surface area contributed by atoms with Gasteiger partial charge in [0.05, 0.1) is 0 Å². The Kier molecular flexibility index (Phi) is 2.99. The van der Waals surface area contributed by atoms with Gasteiger partial charge in [0, 0.05) is 18.6 Å². The Morgan fingerprint density at radius 2 is 1.76 bits per heavy atom. The summed E-state index contributed by atoms with van der Waals surface area (Å²) in [6, 6.07) is 1.42. The fourth-order valence-corrected chi connectivity index (χ4v) is 4.46. The van der Waals surface area contributed by atoms with E-state index in [2.05, 4.69) is 10.3 Å². The second-order valence-corrected chi connectivity index (χ2v) is 6.24. The molecule has 0 amide bonds. The van der Waals surface area contributed by atoms with Crippen molar-refractivity contribution in [2.45, 2.75) is 50.6 Å². The van der Waals surface area contributed by atoms with Gasteiger partial charge in [-0.15, -0.1) is 0 Å². The molecule has 0 aromatic carbocycles. The summed E-state index contributed by atoms with van der Waals surface area (Å²) in [6.45, 7) is 0.776. The molecule has 2 aliphatic heterocycles. The summed E-state index contributed by atoms with van der Waals surface area (Å²) < 4.78 is 0. The number of nitrogens with one attached hydrogen (secondary N) is 1. The van der Waals surface area contributed by atoms with E-state index < -0.39 is 0 Å². The van der Waals surface area contributed by atoms with Crippen molar-refractivity contribution in [2.24, 2.45) is 34.2 Å². The first-order chi connectivity index (χ1) is 8.20. The van der Waals surface area contributed by atoms with Gasteiger partial charge in [-0.1, -0.05) is 0 Å². The molecule has 5 N–H and O–H groups in total. The number of hydrogen-bond acceptors (Lipinski definition) is 2. The highest BCUT2D eigenvalue weighted by molar-refractivity contribution is 5.75. The molecule has 0 radical (unpaired) electrons. The van der Waals surface area contributed by atoms with E-state index in [9.17, 15) is 0 Å². The van der Waals surface area contributed by atoms with Crippen molar-refractivity contribution in [2.75, 3.05) is 6.54 Å². The van der Waals surface area contributed by atoms with Gasteiger partial charge in [-0.05, 0) is 56.3 Å². The Balaban J connectivity index is 1.64. The highest BCUT2D eigenvalue weighted by Crippen LogP contribution is 2.46. The first-order valence-corrected chi connectivity index (χ1v) is 7.02. The van der Waals surface area contributed by atoms with Crippen molar-refractivity contribution < 1.29 is 0 Å². The second kappa shape index (κ2) is 4.48. The van der Waals surface area contributed by atoms with Crippen LogP contribution in [0.25, 0.3) is 0 Å². The monoisotopic (exact) mass is 236 g/mol. The molecule has 2 aliphatic carbocycles. The van der Waals surface area contributed by atoms with E-state index in [1.54, 1.807) is 0 Å². The van der Waals surface area contributed by atoms with Crippen molar-refractivity contribution in [1.29, 1.82) is 0 Å². The summed E-state index contributed by atoms with van der Waals surface area (Å²) in [6.07, 6.45) is 8.28. The van der Waals surface area contributed by atoms with Crippen LogP contribution < -0.4 is 16.8 Å². The van der Waals surface area contributed by atoms with E-state index in [-0.39, 0.29) is 5.96 Å². The summed E-state index contributed by atoms with van der Waals surface area (Å²) >= 11 is 0. The van der Waals surface area contributed by atoms with Crippen LogP contribution in [0.4, 0.5) is 0 Å². The average Bonchev–Trinajstić information content (AvgIpc) is 2.43. The maximum atomic E-state index is 5.38. The van der Waals surface area contributed by atoms with Gasteiger partial charge in [-0.2, -0.15) is 0 Å². The Morgan fingerprint density at radius 3 is 2.41 bits per heavy atom. The third kappa shape index (κ3) is 2.41. The van der Waals surface area contributed by atoms with E-state index >= 15 is 0 Å². The molecule has 2 saturated carbocycles. The lowest BCUT2D eigenvalue weighted by molar-refractivity contribution is 0.148. The molecule has 4 bridgehead atoms. The van der Waals surface area contributed by atoms with E-state index in [4.69, 9.17) is 11.5 Å². The molecule has 3 atom stereocenters. The van der Waals surface area contributed by atoms with E-state index in [0.29, 0.717) is 6.04 Å². The molecule has 0 spiro atoms. The first kappa shape index (κ1) is 11.3. The number of rotatable bonds is 3. The maximum absolute atomic E-state index is 5.38. The number of aliphatic imine (C=N–C) groups is 1. The molecule has 96 valence electrons. The van der Waals surface area contributed by atoms with Gasteiger partial charge >= 0.3 is 0 Å². The minimum Gasteiger partial charge on any atom is -0.370 e. The van der Waals surface area contributed by atoms with Gasteiger partial charge in [0.1, 0.15) is 0 Å². The molecular weight excluding hydrogens is 212 g/mol. The third-order valence-corrected chi connectivity index (χ3v) is 4.93. The fraction of sp³-hybridized carbons (Fsp3) is 0.923. The predicted molar refractivity (Wildman–Crippen MR) is 69.6 cm³/mol. The van der Waals surface area contributed by atoms with Crippen molar-refractivity contribution in [3.8, 4) is 0 Å². The first-order valence-electron chi connectivity index (χ1n) is 7.02. The standard InChI is InChI=1S/C13H24N4/c14-13(15)16-2-1-12-10-4-8-3-9(5-10)7-11(6-8)17-12/h8-12,17H,1-7H2,(H4,14,15,16). The number of nitrogens with two attached hydrogens (primary N) is 2. The quantitative estimate of drug-likeness (QED) is 0.501. The molecule has 3 unspecified atom stereocenters.